The smallest absolute Gasteiger partial charge is 0.203 e. The fourth-order valence-electron chi connectivity index (χ4n) is 1.55. The topological polar surface area (TPSA) is 55.7 Å². The molecule has 0 bridgehead atoms. The lowest BCUT2D eigenvalue weighted by molar-refractivity contribution is -0.480. The highest BCUT2D eigenvalue weighted by atomic mass is 16.6. The number of hydrogen-bond donors (Lipinski definition) is 0. The van der Waals surface area contributed by atoms with Crippen molar-refractivity contribution in [2.75, 3.05) is 13.2 Å². The van der Waals surface area contributed by atoms with Crippen molar-refractivity contribution in [2.24, 2.45) is 0 Å². The van der Waals surface area contributed by atoms with Gasteiger partial charge in [0.15, 0.2) is 0 Å². The molecule has 0 spiro atoms. The van der Waals surface area contributed by atoms with Crippen molar-refractivity contribution in [3.63, 3.8) is 0 Å². The van der Waals surface area contributed by atoms with Crippen LogP contribution in [-0.2, 0) is 4.74 Å². The molecule has 0 aromatic heterocycles. The molecule has 82 valence electrons. The first-order valence-corrected chi connectivity index (χ1v) is 5.52. The van der Waals surface area contributed by atoms with Crippen molar-refractivity contribution in [1.29, 1.82) is 0 Å². The Bertz CT molecular complexity index is 169. The molecular weight excluding hydrogens is 182 g/mol. The van der Waals surface area contributed by atoms with Crippen LogP contribution in [0.15, 0.2) is 0 Å². The number of nitrogens with zero attached hydrogens (tertiary/aromatic N) is 1. The molecule has 0 N–H and O–H groups in total. The Balaban J connectivity index is 1.68. The van der Waals surface area contributed by atoms with Gasteiger partial charge in [-0.3, -0.25) is 10.1 Å². The van der Waals surface area contributed by atoms with Crippen LogP contribution in [-0.4, -0.2) is 24.2 Å². The zero-order chi connectivity index (χ0) is 10.2. The van der Waals surface area contributed by atoms with Gasteiger partial charge in [-0.25, -0.2) is 0 Å². The molecule has 0 radical (unpaired) electrons. The van der Waals surface area contributed by atoms with E-state index in [2.05, 4.69) is 0 Å². The molecule has 14 heavy (non-hydrogen) atoms. The highest BCUT2D eigenvalue weighted by Gasteiger charge is 2.20. The summed E-state index contributed by atoms with van der Waals surface area (Å²) >= 11 is 0. The zero-order valence-corrected chi connectivity index (χ0v) is 8.61. The molecular formula is C10H19NO3. The average molecular weight is 201 g/mol. The van der Waals surface area contributed by atoms with E-state index in [0.29, 0.717) is 6.10 Å². The van der Waals surface area contributed by atoms with Crippen LogP contribution in [0.5, 0.6) is 0 Å². The standard InChI is InChI=1S/C10H19NO3/c12-11(13)8-6-4-2-1-3-5-7-10-9-14-10/h10H,1-9H2. The van der Waals surface area contributed by atoms with Gasteiger partial charge in [-0.2, -0.15) is 0 Å². The van der Waals surface area contributed by atoms with Crippen LogP contribution in [0.25, 0.3) is 0 Å². The van der Waals surface area contributed by atoms with Crippen molar-refractivity contribution >= 4 is 0 Å². The molecule has 1 rings (SSSR count). The Kier molecular flexibility index (Phi) is 5.52. The van der Waals surface area contributed by atoms with E-state index in [9.17, 15) is 10.1 Å². The minimum Gasteiger partial charge on any atom is -0.373 e. The van der Waals surface area contributed by atoms with Crippen molar-refractivity contribution in [1.82, 2.24) is 0 Å². The Morgan fingerprint density at radius 1 is 1.14 bits per heavy atom. The van der Waals surface area contributed by atoms with E-state index in [1.807, 2.05) is 0 Å². The predicted molar refractivity (Wildman–Crippen MR) is 53.9 cm³/mol. The van der Waals surface area contributed by atoms with Crippen LogP contribution >= 0.6 is 0 Å². The Labute approximate surface area is 84.8 Å². The molecule has 0 aliphatic carbocycles. The SMILES string of the molecule is O=[N+]([O-])CCCCCCCCC1CO1. The van der Waals surface area contributed by atoms with E-state index >= 15 is 0 Å². The molecule has 0 aromatic carbocycles. The minimum atomic E-state index is -0.232. The summed E-state index contributed by atoms with van der Waals surface area (Å²) in [5.41, 5.74) is 0. The maximum Gasteiger partial charge on any atom is 0.203 e. The third-order valence-corrected chi connectivity index (χ3v) is 2.52. The van der Waals surface area contributed by atoms with E-state index in [1.165, 1.54) is 25.7 Å². The van der Waals surface area contributed by atoms with Gasteiger partial charge in [0.1, 0.15) is 0 Å². The second-order valence-electron chi connectivity index (χ2n) is 3.92. The fourth-order valence-corrected chi connectivity index (χ4v) is 1.55. The van der Waals surface area contributed by atoms with Gasteiger partial charge < -0.3 is 4.74 Å². The molecule has 1 aliphatic rings. The maximum atomic E-state index is 10.0. The molecule has 4 nitrogen and oxygen atoms in total. The van der Waals surface area contributed by atoms with Crippen molar-refractivity contribution in [3.8, 4) is 0 Å². The molecule has 1 saturated heterocycles. The van der Waals surface area contributed by atoms with E-state index in [0.717, 1.165) is 25.9 Å². The first-order chi connectivity index (χ1) is 6.79. The summed E-state index contributed by atoms with van der Waals surface area (Å²) in [5, 5.41) is 10.0. The Hall–Kier alpha value is -0.640. The lowest BCUT2D eigenvalue weighted by Gasteiger charge is -1.98. The maximum absolute atomic E-state index is 10.0. The number of hydrogen-bond acceptors (Lipinski definition) is 3. The molecule has 0 saturated carbocycles. The quantitative estimate of drug-likeness (QED) is 0.249. The molecule has 4 heteroatoms. The number of ether oxygens (including phenoxy) is 1. The average Bonchev–Trinajstić information content (AvgIpc) is 2.92. The van der Waals surface area contributed by atoms with Crippen LogP contribution in [0.3, 0.4) is 0 Å². The molecule has 1 atom stereocenters. The summed E-state index contributed by atoms with van der Waals surface area (Å²) in [6, 6.07) is 0. The fraction of sp³-hybridized carbons (Fsp3) is 1.00. The molecule has 1 fully saturated rings. The minimum absolute atomic E-state index is 0.135. The highest BCUT2D eigenvalue weighted by Crippen LogP contribution is 2.17. The van der Waals surface area contributed by atoms with Crippen LogP contribution in [0.2, 0.25) is 0 Å². The summed E-state index contributed by atoms with van der Waals surface area (Å²) in [6.07, 6.45) is 8.35. The molecule has 0 amide bonds. The van der Waals surface area contributed by atoms with E-state index in [-0.39, 0.29) is 11.5 Å². The van der Waals surface area contributed by atoms with Gasteiger partial charge in [0.25, 0.3) is 0 Å². The first-order valence-electron chi connectivity index (χ1n) is 5.52. The predicted octanol–water partition coefficient (Wildman–Crippen LogP) is 2.39. The van der Waals surface area contributed by atoms with Gasteiger partial charge in [0, 0.05) is 11.3 Å². The largest absolute Gasteiger partial charge is 0.373 e. The van der Waals surface area contributed by atoms with Gasteiger partial charge in [-0.1, -0.05) is 25.7 Å². The van der Waals surface area contributed by atoms with Crippen LogP contribution in [0.4, 0.5) is 0 Å². The molecule has 0 aromatic rings. The van der Waals surface area contributed by atoms with E-state index in [4.69, 9.17) is 4.74 Å². The lowest BCUT2D eigenvalue weighted by atomic mass is 10.1. The molecule has 1 heterocycles. The van der Waals surface area contributed by atoms with Gasteiger partial charge in [0.05, 0.1) is 12.7 Å². The first kappa shape index (κ1) is 11.4. The number of rotatable bonds is 9. The lowest BCUT2D eigenvalue weighted by Crippen LogP contribution is -1.99. The summed E-state index contributed by atoms with van der Waals surface area (Å²) in [7, 11) is 0. The third kappa shape index (κ3) is 6.83. The van der Waals surface area contributed by atoms with Gasteiger partial charge >= 0.3 is 0 Å². The van der Waals surface area contributed by atoms with Gasteiger partial charge in [-0.15, -0.1) is 0 Å². The normalized spacial score (nSPS) is 19.6. The van der Waals surface area contributed by atoms with Gasteiger partial charge in [-0.05, 0) is 12.8 Å². The summed E-state index contributed by atoms with van der Waals surface area (Å²) in [4.78, 5) is 9.78. The molecule has 1 aliphatic heterocycles. The van der Waals surface area contributed by atoms with Gasteiger partial charge in [0.2, 0.25) is 6.54 Å². The monoisotopic (exact) mass is 201 g/mol. The highest BCUT2D eigenvalue weighted by molar-refractivity contribution is 4.68. The summed E-state index contributed by atoms with van der Waals surface area (Å²) in [6.45, 7) is 1.10. The van der Waals surface area contributed by atoms with E-state index < -0.39 is 0 Å². The van der Waals surface area contributed by atoms with Crippen molar-refractivity contribution < 1.29 is 9.66 Å². The van der Waals surface area contributed by atoms with Crippen LogP contribution < -0.4 is 0 Å². The van der Waals surface area contributed by atoms with Crippen molar-refractivity contribution in [2.45, 2.75) is 51.0 Å². The second-order valence-corrected chi connectivity index (χ2v) is 3.92. The van der Waals surface area contributed by atoms with Crippen LogP contribution in [0.1, 0.15) is 44.9 Å². The summed E-state index contributed by atoms with van der Waals surface area (Å²) < 4.78 is 5.10. The second kappa shape index (κ2) is 6.76. The van der Waals surface area contributed by atoms with Crippen LogP contribution in [0, 0.1) is 10.1 Å². The number of unbranched alkanes of at least 4 members (excludes halogenated alkanes) is 5. The summed E-state index contributed by atoms with van der Waals surface area (Å²) in [5.74, 6) is 0. The Morgan fingerprint density at radius 3 is 2.29 bits per heavy atom. The Morgan fingerprint density at radius 2 is 1.71 bits per heavy atom. The van der Waals surface area contributed by atoms with E-state index in [1.54, 1.807) is 0 Å². The zero-order valence-electron chi connectivity index (χ0n) is 8.61. The molecule has 1 unspecified atom stereocenters. The number of epoxide rings is 1. The number of nitro groups is 1. The third-order valence-electron chi connectivity index (χ3n) is 2.52. The van der Waals surface area contributed by atoms with Crippen molar-refractivity contribution in [3.05, 3.63) is 10.1 Å².